The lowest BCUT2D eigenvalue weighted by molar-refractivity contribution is 0.0516. The number of esters is 3. The predicted octanol–water partition coefficient (Wildman–Crippen LogP) is 19.3. The third-order valence-corrected chi connectivity index (χ3v) is 17.8. The number of para-hydroxylation sites is 1. The number of halogens is 12. The average Bonchev–Trinajstić information content (AvgIpc) is 0.771. The standard InChI is InChI=1S/C13H10Cl3NO3.C13H11Cl2NO3.C13H12ClNO3.C11H9Cl2N3O2.C10H8Cl2N2O.C9H6Cl2N2O/c1-3-20-13(18)6-5-17-11-9(10(6)16)7(14)4-8(15)12(11)19-2;1-3-19-13(17)7-4-8-9(14)5-10(15)12(18-2)11(8)16-6-7;1-3-18-13(16)9-7-15-12-8(11(9)14)5-4-6-10(12)17-2;1-18-10-8(13)3-7(12)6-2-5(11(17)16-14)4-15-9(6)10;1-15-10-8(12)3-7(11)6-2-5(13)4-14-9(6)10;10-6-2-7(11)9(14)8-5(6)1-4(12)3-13-8/h4-5H,3H2,1-2H3;4-6H,3H2,1-2H3;4-7H,3H2,1-2H3;2-4H,14H2,1H3,(H,16,17);2-4H,13H2,1H3;1-3,14H,12H2. The molecule has 0 aliphatic rings. The van der Waals surface area contributed by atoms with E-state index in [-0.39, 0.29) is 38.6 Å². The highest BCUT2D eigenvalue weighted by molar-refractivity contribution is 6.46. The lowest BCUT2D eigenvalue weighted by atomic mass is 10.1. The molecule has 0 saturated heterocycles. The molecule has 0 fully saturated rings. The number of hydrazine groups is 1. The van der Waals surface area contributed by atoms with Crippen molar-refractivity contribution >= 4 is 240 Å². The Morgan fingerprint density at radius 1 is 0.394 bits per heavy atom. The Morgan fingerprint density at radius 3 is 1.21 bits per heavy atom. The predicted molar refractivity (Wildman–Crippen MR) is 413 cm³/mol. The number of carbonyl (C=O) groups excluding carboxylic acids is 4. The number of hydrogen-bond donors (Lipinski definition) is 5. The van der Waals surface area contributed by atoms with Gasteiger partial charge in [0.05, 0.1) is 162 Å². The molecule has 35 heteroatoms. The summed E-state index contributed by atoms with van der Waals surface area (Å²) in [6.07, 6.45) is 8.49. The number of nitrogens with one attached hydrogen (secondary N) is 1. The van der Waals surface area contributed by atoms with Crippen LogP contribution in [0.15, 0.2) is 110 Å². The smallest absolute Gasteiger partial charge is 0.341 e. The third kappa shape index (κ3) is 19.1. The fourth-order valence-corrected chi connectivity index (χ4v) is 12.9. The molecule has 0 unspecified atom stereocenters. The number of hydrogen-bond acceptors (Lipinski definition) is 22. The number of ether oxygens (including phenoxy) is 8. The number of benzene rings is 6. The molecule has 8 N–H and O–H groups in total. The Morgan fingerprint density at radius 2 is 0.760 bits per heavy atom. The zero-order valence-corrected chi connectivity index (χ0v) is 64.4. The molecule has 104 heavy (non-hydrogen) atoms. The van der Waals surface area contributed by atoms with Gasteiger partial charge < -0.3 is 54.5 Å². The van der Waals surface area contributed by atoms with Crippen LogP contribution in [0.5, 0.6) is 34.5 Å². The molecule has 544 valence electrons. The van der Waals surface area contributed by atoms with Crippen LogP contribution < -0.4 is 46.4 Å². The minimum atomic E-state index is -0.558. The van der Waals surface area contributed by atoms with E-state index in [1.54, 1.807) is 82.5 Å². The first kappa shape index (κ1) is 82.8. The number of anilines is 2. The second-order valence-corrected chi connectivity index (χ2v) is 25.3. The third-order valence-electron chi connectivity index (χ3n) is 14.0. The van der Waals surface area contributed by atoms with Crippen LogP contribution >= 0.6 is 139 Å². The first-order chi connectivity index (χ1) is 49.6. The van der Waals surface area contributed by atoms with Gasteiger partial charge in [0.1, 0.15) is 38.8 Å². The molecule has 1 amide bonds. The molecule has 0 aliphatic carbocycles. The minimum absolute atomic E-state index is 0.0777. The Bertz CT molecular complexity index is 5270. The number of methoxy groups -OCH3 is 5. The molecule has 23 nitrogen and oxygen atoms in total. The molecule has 0 bridgehead atoms. The lowest BCUT2D eigenvalue weighted by Gasteiger charge is -2.12. The molecule has 6 aromatic heterocycles. The number of carbonyl (C=O) groups is 4. The SMILES string of the molecule is CCOC(=O)c1cnc2c(OC)c(Cl)cc(Cl)c2c1.CCOC(=O)c1cnc2c(OC)c(Cl)cc(Cl)c2c1Cl.CCOC(=O)c1cnc2c(OC)cccc2c1Cl.COc1c(Cl)cc(Cl)c2cc(C(=O)NN)cnc12.COc1c(Cl)cc(Cl)c2cc(N)cnc12.Nc1cnc2c(O)c(Cl)cc(Cl)c2c1. The summed E-state index contributed by atoms with van der Waals surface area (Å²) < 4.78 is 40.6. The van der Waals surface area contributed by atoms with Crippen molar-refractivity contribution in [2.75, 3.05) is 66.8 Å². The van der Waals surface area contributed by atoms with Crippen molar-refractivity contribution in [3.63, 3.8) is 0 Å². The molecule has 0 atom stereocenters. The molecular weight excluding hydrogens is 1600 g/mol. The van der Waals surface area contributed by atoms with Crippen LogP contribution in [-0.4, -0.2) is 114 Å². The van der Waals surface area contributed by atoms with Gasteiger partial charge in [-0.1, -0.05) is 151 Å². The number of nitrogens with zero attached hydrogens (tertiary/aromatic N) is 6. The first-order valence-electron chi connectivity index (χ1n) is 29.6. The average molecular weight is 1660 g/mol. The largest absolute Gasteiger partial charge is 0.504 e. The minimum Gasteiger partial charge on any atom is -0.504 e. The van der Waals surface area contributed by atoms with Crippen LogP contribution in [0.25, 0.3) is 65.4 Å². The summed E-state index contributed by atoms with van der Waals surface area (Å²) >= 11 is 72.4. The molecular formula is C69H56Cl12N10O13. The van der Waals surface area contributed by atoms with Gasteiger partial charge in [0.2, 0.25) is 0 Å². The lowest BCUT2D eigenvalue weighted by Crippen LogP contribution is -2.30. The molecule has 12 rings (SSSR count). The second-order valence-electron chi connectivity index (χ2n) is 20.4. The van der Waals surface area contributed by atoms with Crippen molar-refractivity contribution < 1.29 is 62.2 Å². The number of aromatic nitrogens is 6. The zero-order chi connectivity index (χ0) is 76.5. The van der Waals surface area contributed by atoms with Crippen molar-refractivity contribution in [2.24, 2.45) is 5.84 Å². The van der Waals surface area contributed by atoms with E-state index in [1.807, 2.05) is 5.43 Å². The highest BCUT2D eigenvalue weighted by Gasteiger charge is 2.23. The van der Waals surface area contributed by atoms with E-state index in [9.17, 15) is 24.3 Å². The van der Waals surface area contributed by atoms with Crippen LogP contribution in [0.2, 0.25) is 60.3 Å². The Balaban J connectivity index is 0.000000175. The number of rotatable bonds is 12. The fourth-order valence-electron chi connectivity index (χ4n) is 9.41. The summed E-state index contributed by atoms with van der Waals surface area (Å²) in [6.45, 7) is 6.02. The van der Waals surface area contributed by atoms with E-state index in [0.29, 0.717) is 170 Å². The van der Waals surface area contributed by atoms with Crippen LogP contribution in [0.3, 0.4) is 0 Å². The molecule has 0 aliphatic heterocycles. The van der Waals surface area contributed by atoms with E-state index in [1.165, 1.54) is 83.8 Å². The maximum atomic E-state index is 11.8. The van der Waals surface area contributed by atoms with Crippen LogP contribution in [-0.2, 0) is 14.2 Å². The van der Waals surface area contributed by atoms with Crippen LogP contribution in [0.4, 0.5) is 11.4 Å². The number of nitrogen functional groups attached to an aromatic ring is 3. The Kier molecular flexibility index (Phi) is 30.2. The highest BCUT2D eigenvalue weighted by atomic mass is 35.5. The maximum Gasteiger partial charge on any atom is 0.341 e. The number of phenolic OH excluding ortho intramolecular Hbond substituents is 1. The molecule has 0 spiro atoms. The van der Waals surface area contributed by atoms with Crippen molar-refractivity contribution in [2.45, 2.75) is 20.8 Å². The van der Waals surface area contributed by atoms with Gasteiger partial charge in [-0.05, 0) is 81.4 Å². The Labute approximate surface area is 652 Å². The van der Waals surface area contributed by atoms with Gasteiger partial charge in [-0.25, -0.2) is 20.2 Å². The quantitative estimate of drug-likeness (QED) is 0.0249. The molecule has 6 heterocycles. The number of nitrogens with two attached hydrogens (primary N) is 3. The van der Waals surface area contributed by atoms with E-state index in [2.05, 4.69) is 29.9 Å². The maximum absolute atomic E-state index is 11.8. The molecule has 6 aromatic carbocycles. The van der Waals surface area contributed by atoms with E-state index in [4.69, 9.17) is 194 Å². The van der Waals surface area contributed by atoms with Gasteiger partial charge in [-0.15, -0.1) is 0 Å². The van der Waals surface area contributed by atoms with Crippen molar-refractivity contribution in [1.29, 1.82) is 0 Å². The fraction of sp³-hybridized carbons (Fsp3) is 0.159. The van der Waals surface area contributed by atoms with E-state index >= 15 is 0 Å². The monoisotopic (exact) mass is 1650 g/mol. The Hall–Kier alpha value is -8.50. The van der Waals surface area contributed by atoms with Crippen LogP contribution in [0.1, 0.15) is 62.2 Å². The summed E-state index contributed by atoms with van der Waals surface area (Å²) in [5, 5.41) is 17.3. The van der Waals surface area contributed by atoms with Gasteiger partial charge in [0.15, 0.2) is 28.7 Å². The number of phenols is 1. The zero-order valence-electron chi connectivity index (χ0n) is 55.3. The molecule has 0 saturated carbocycles. The van der Waals surface area contributed by atoms with Gasteiger partial charge >= 0.3 is 17.9 Å². The van der Waals surface area contributed by atoms with Gasteiger partial charge in [0.25, 0.3) is 5.91 Å². The topological polar surface area (TPSA) is 330 Å². The summed E-state index contributed by atoms with van der Waals surface area (Å²) in [6, 6.07) is 19.6. The molecule has 0 radical (unpaired) electrons. The van der Waals surface area contributed by atoms with E-state index < -0.39 is 23.8 Å². The number of aromatic hydroxyl groups is 1. The van der Waals surface area contributed by atoms with E-state index in [0.717, 1.165) is 5.39 Å². The van der Waals surface area contributed by atoms with Crippen LogP contribution in [0, 0.1) is 0 Å². The van der Waals surface area contributed by atoms with Crippen molar-refractivity contribution in [3.8, 4) is 34.5 Å². The summed E-state index contributed by atoms with van der Waals surface area (Å²) in [5.41, 5.74) is 18.3. The first-order valence-corrected chi connectivity index (χ1v) is 34.2. The number of fused-ring (bicyclic) bond motifs is 6. The van der Waals surface area contributed by atoms with Gasteiger partial charge in [-0.2, -0.15) is 0 Å². The number of pyridine rings is 6. The normalized spacial score (nSPS) is 10.5. The second kappa shape index (κ2) is 38.0. The summed E-state index contributed by atoms with van der Waals surface area (Å²) in [7, 11) is 7.53. The molecule has 12 aromatic rings. The van der Waals surface area contributed by atoms with Crippen molar-refractivity contribution in [3.05, 3.63) is 193 Å². The summed E-state index contributed by atoms with van der Waals surface area (Å²) in [4.78, 5) is 71.3. The highest BCUT2D eigenvalue weighted by Crippen LogP contribution is 2.44. The number of amides is 1. The van der Waals surface area contributed by atoms with Crippen molar-refractivity contribution in [1.82, 2.24) is 35.3 Å². The summed E-state index contributed by atoms with van der Waals surface area (Å²) in [5.74, 6) is 5.38. The van der Waals surface area contributed by atoms with Gasteiger partial charge in [-0.3, -0.25) is 40.1 Å². The van der Waals surface area contributed by atoms with Gasteiger partial charge in [0, 0.05) is 57.1 Å².